The molecule has 158 valence electrons. The van der Waals surface area contributed by atoms with Crippen molar-refractivity contribution in [3.8, 4) is 17.2 Å². The van der Waals surface area contributed by atoms with Crippen molar-refractivity contribution in [3.63, 3.8) is 0 Å². The van der Waals surface area contributed by atoms with E-state index in [1.165, 1.54) is 25.7 Å². The van der Waals surface area contributed by atoms with Gasteiger partial charge in [0.1, 0.15) is 10.7 Å². The number of unbranched alkanes of at least 4 members (excludes halogenated alkanes) is 4. The van der Waals surface area contributed by atoms with Gasteiger partial charge in [0, 0.05) is 5.39 Å². The van der Waals surface area contributed by atoms with E-state index >= 15 is 0 Å². The summed E-state index contributed by atoms with van der Waals surface area (Å²) in [7, 11) is 0. The quantitative estimate of drug-likeness (QED) is 0.326. The van der Waals surface area contributed by atoms with Gasteiger partial charge in [-0.15, -0.1) is 0 Å². The number of furan rings is 1. The molecular formula is C22H25N3O4S. The van der Waals surface area contributed by atoms with Gasteiger partial charge in [0.2, 0.25) is 4.96 Å². The Hall–Kier alpha value is -2.96. The van der Waals surface area contributed by atoms with Crippen LogP contribution in [0.1, 0.15) is 51.0 Å². The van der Waals surface area contributed by atoms with Gasteiger partial charge < -0.3 is 9.15 Å². The molecule has 0 saturated heterocycles. The number of para-hydroxylation sites is 1. The lowest BCUT2D eigenvalue weighted by molar-refractivity contribution is -0.191. The van der Waals surface area contributed by atoms with Gasteiger partial charge in [0.25, 0.3) is 0 Å². The Kier molecular flexibility index (Phi) is 7.76. The number of hydrogen-bond acceptors (Lipinski definition) is 7. The minimum absolute atomic E-state index is 0.250. The fourth-order valence-electron chi connectivity index (χ4n) is 3.17. The largest absolute Gasteiger partial charge is 0.490 e. The number of nitrogens with zero attached hydrogens (tertiary/aromatic N) is 3. The average molecular weight is 428 g/mol. The molecule has 0 radical (unpaired) electrons. The number of aryl methyl sites for hydroxylation is 1. The van der Waals surface area contributed by atoms with E-state index in [4.69, 9.17) is 18.7 Å². The first-order valence-corrected chi connectivity index (χ1v) is 11.0. The molecule has 4 rings (SSSR count). The highest BCUT2D eigenvalue weighted by Gasteiger charge is 2.15. The van der Waals surface area contributed by atoms with Crippen LogP contribution in [0.25, 0.3) is 27.4 Å². The number of hydrogen-bond donors (Lipinski definition) is 0. The van der Waals surface area contributed by atoms with Crippen LogP contribution in [0.5, 0.6) is 5.75 Å². The molecule has 7 nitrogen and oxygen atoms in total. The minimum atomic E-state index is 0.250. The van der Waals surface area contributed by atoms with E-state index in [1.807, 2.05) is 35.0 Å². The van der Waals surface area contributed by atoms with E-state index in [0.29, 0.717) is 0 Å². The molecule has 3 aromatic heterocycles. The molecule has 8 heteroatoms. The van der Waals surface area contributed by atoms with Crippen LogP contribution in [0.4, 0.5) is 0 Å². The molecule has 0 saturated carbocycles. The zero-order valence-corrected chi connectivity index (χ0v) is 18.0. The summed E-state index contributed by atoms with van der Waals surface area (Å²) in [6, 6.07) is 8.05. The monoisotopic (exact) mass is 427 g/mol. The van der Waals surface area contributed by atoms with Gasteiger partial charge in [-0.25, -0.2) is 9.50 Å². The maximum atomic E-state index is 8.12. The van der Waals surface area contributed by atoms with E-state index < -0.39 is 0 Å². The lowest BCUT2D eigenvalue weighted by atomic mass is 10.2. The predicted octanol–water partition coefficient (Wildman–Crippen LogP) is 5.53. The molecule has 0 spiro atoms. The molecule has 0 atom stereocenters. The van der Waals surface area contributed by atoms with Crippen LogP contribution in [0, 0.1) is 0 Å². The van der Waals surface area contributed by atoms with Crippen LogP contribution in [0.3, 0.4) is 0 Å². The van der Waals surface area contributed by atoms with E-state index in [1.54, 1.807) is 11.3 Å². The van der Waals surface area contributed by atoms with Crippen molar-refractivity contribution in [3.05, 3.63) is 35.5 Å². The maximum absolute atomic E-state index is 8.12. The van der Waals surface area contributed by atoms with Crippen molar-refractivity contribution < 1.29 is 18.7 Å². The second-order valence-corrected chi connectivity index (χ2v) is 7.87. The summed E-state index contributed by atoms with van der Waals surface area (Å²) in [6.45, 7) is 5.06. The number of fused-ring (bicyclic) bond motifs is 2. The number of carbonyl (C=O) groups excluding carboxylic acids is 2. The molecule has 0 bridgehead atoms. The second kappa shape index (κ2) is 10.7. The van der Waals surface area contributed by atoms with Gasteiger partial charge in [0.05, 0.1) is 12.8 Å². The number of imidazole rings is 1. The fraction of sp³-hybridized carbons (Fsp3) is 0.409. The molecule has 0 unspecified atom stereocenters. The summed E-state index contributed by atoms with van der Waals surface area (Å²) in [4.78, 5) is 21.8. The van der Waals surface area contributed by atoms with Crippen LogP contribution in [-0.4, -0.2) is 27.4 Å². The van der Waals surface area contributed by atoms with Gasteiger partial charge in [0.15, 0.2) is 17.1 Å². The smallest absolute Gasteiger partial charge is 0.373 e. The number of aromatic nitrogens is 3. The van der Waals surface area contributed by atoms with Gasteiger partial charge in [-0.2, -0.15) is 14.7 Å². The summed E-state index contributed by atoms with van der Waals surface area (Å²) >= 11 is 1.62. The first-order chi connectivity index (χ1) is 14.7. The molecule has 4 aromatic rings. The van der Waals surface area contributed by atoms with Gasteiger partial charge in [-0.3, -0.25) is 0 Å². The predicted molar refractivity (Wildman–Crippen MR) is 115 cm³/mol. The van der Waals surface area contributed by atoms with Crippen molar-refractivity contribution >= 4 is 33.4 Å². The summed E-state index contributed by atoms with van der Waals surface area (Å²) < 4.78 is 13.9. The molecule has 0 fully saturated rings. The summed E-state index contributed by atoms with van der Waals surface area (Å²) in [5.41, 5.74) is 1.60. The van der Waals surface area contributed by atoms with Crippen molar-refractivity contribution in [1.82, 2.24) is 14.6 Å². The van der Waals surface area contributed by atoms with Crippen molar-refractivity contribution in [1.29, 1.82) is 0 Å². The average Bonchev–Trinajstić information content (AvgIpc) is 3.43. The topological polar surface area (TPSA) is 86.7 Å². The molecule has 0 N–H and O–H groups in total. The van der Waals surface area contributed by atoms with Crippen molar-refractivity contribution in [2.45, 2.75) is 52.4 Å². The second-order valence-electron chi connectivity index (χ2n) is 6.83. The van der Waals surface area contributed by atoms with E-state index in [-0.39, 0.29) is 6.15 Å². The lowest BCUT2D eigenvalue weighted by Gasteiger charge is -2.06. The number of ether oxygens (including phenoxy) is 1. The lowest BCUT2D eigenvalue weighted by Crippen LogP contribution is -1.97. The van der Waals surface area contributed by atoms with Crippen molar-refractivity contribution in [2.75, 3.05) is 6.61 Å². The molecular weight excluding hydrogens is 402 g/mol. The van der Waals surface area contributed by atoms with E-state index in [9.17, 15) is 0 Å². The van der Waals surface area contributed by atoms with Gasteiger partial charge in [-0.05, 0) is 25.0 Å². The molecule has 3 heterocycles. The number of rotatable bonds is 9. The van der Waals surface area contributed by atoms with Crippen molar-refractivity contribution in [2.24, 2.45) is 0 Å². The standard InChI is InChI=1S/C21H25N3O2S.CO2/c1-3-5-6-7-8-12-25-17-11-9-10-15-13-18(26-20(15)17)16-14-24-21(22-16)27-19(4-2)23-24;2-1-3/h9-11,13-14H,3-8,12H2,1-2H3;. The third-order valence-electron chi connectivity index (χ3n) is 4.65. The first kappa shape index (κ1) is 21.7. The molecule has 30 heavy (non-hydrogen) atoms. The Balaban J connectivity index is 0.000000806. The van der Waals surface area contributed by atoms with E-state index in [2.05, 4.69) is 23.9 Å². The SMILES string of the molecule is CCCCCCCOc1cccc2cc(-c3cn4nc(CC)sc4n3)oc12.O=C=O. The van der Waals surface area contributed by atoms with E-state index in [0.717, 1.165) is 57.6 Å². The summed E-state index contributed by atoms with van der Waals surface area (Å²) in [5, 5.41) is 6.65. The Morgan fingerprint density at radius 2 is 1.97 bits per heavy atom. The third-order valence-corrected chi connectivity index (χ3v) is 5.72. The van der Waals surface area contributed by atoms with Crippen LogP contribution in [0.2, 0.25) is 0 Å². The Morgan fingerprint density at radius 3 is 2.70 bits per heavy atom. The molecule has 0 aliphatic carbocycles. The molecule has 0 amide bonds. The highest BCUT2D eigenvalue weighted by molar-refractivity contribution is 7.16. The first-order valence-electron chi connectivity index (χ1n) is 10.2. The zero-order valence-electron chi connectivity index (χ0n) is 17.2. The van der Waals surface area contributed by atoms with Crippen LogP contribution < -0.4 is 4.74 Å². The summed E-state index contributed by atoms with van der Waals surface area (Å²) in [6.07, 6.45) is 9.23. The highest BCUT2D eigenvalue weighted by Crippen LogP contribution is 2.33. The third kappa shape index (κ3) is 5.14. The number of benzene rings is 1. The Labute approximate surface area is 178 Å². The Bertz CT molecular complexity index is 1090. The highest BCUT2D eigenvalue weighted by atomic mass is 32.1. The molecule has 0 aliphatic rings. The van der Waals surface area contributed by atoms with Crippen LogP contribution in [0.15, 0.2) is 34.9 Å². The summed E-state index contributed by atoms with van der Waals surface area (Å²) in [5.74, 6) is 1.56. The van der Waals surface area contributed by atoms with Gasteiger partial charge in [-0.1, -0.05) is 63.0 Å². The Morgan fingerprint density at radius 1 is 1.17 bits per heavy atom. The zero-order chi connectivity index (χ0) is 21.3. The van der Waals surface area contributed by atoms with Crippen LogP contribution in [-0.2, 0) is 16.0 Å². The maximum Gasteiger partial charge on any atom is 0.373 e. The fourth-order valence-corrected chi connectivity index (χ4v) is 3.98. The van der Waals surface area contributed by atoms with Gasteiger partial charge >= 0.3 is 6.15 Å². The molecule has 0 aliphatic heterocycles. The minimum Gasteiger partial charge on any atom is -0.490 e. The molecule has 1 aromatic carbocycles. The normalized spacial score (nSPS) is 10.7. The van der Waals surface area contributed by atoms with Crippen LogP contribution >= 0.6 is 11.3 Å².